The van der Waals surface area contributed by atoms with E-state index < -0.39 is 0 Å². The second-order valence-electron chi connectivity index (χ2n) is 5.11. The predicted octanol–water partition coefficient (Wildman–Crippen LogP) is 3.72. The summed E-state index contributed by atoms with van der Waals surface area (Å²) in [6.07, 6.45) is 3.44. The molecule has 0 unspecified atom stereocenters. The number of rotatable bonds is 4. The highest BCUT2D eigenvalue weighted by molar-refractivity contribution is 7.98. The van der Waals surface area contributed by atoms with Gasteiger partial charge in [0.25, 0.3) is 5.91 Å². The zero-order valence-electron chi connectivity index (χ0n) is 13.5. The first kappa shape index (κ1) is 16.2. The van der Waals surface area contributed by atoms with E-state index in [1.807, 2.05) is 25.3 Å². The second-order valence-corrected chi connectivity index (χ2v) is 5.91. The monoisotopic (exact) mass is 340 g/mol. The molecule has 0 atom stereocenters. The van der Waals surface area contributed by atoms with Crippen molar-refractivity contribution >= 4 is 23.5 Å². The molecule has 6 nitrogen and oxygen atoms in total. The van der Waals surface area contributed by atoms with Crippen LogP contribution in [0, 0.1) is 13.8 Å². The number of thioether (sulfide) groups is 1. The average molecular weight is 340 g/mol. The van der Waals surface area contributed by atoms with Gasteiger partial charge in [-0.3, -0.25) is 4.79 Å². The van der Waals surface area contributed by atoms with Gasteiger partial charge >= 0.3 is 0 Å². The molecular formula is C17H16N4O2S. The lowest BCUT2D eigenvalue weighted by Gasteiger charge is -2.11. The number of carbonyl (C=O) groups excluding carboxylic acids is 1. The van der Waals surface area contributed by atoms with Gasteiger partial charge in [-0.15, -0.1) is 11.8 Å². The zero-order chi connectivity index (χ0) is 17.1. The lowest BCUT2D eigenvalue weighted by molar-refractivity contribution is 0.102. The van der Waals surface area contributed by atoms with Gasteiger partial charge in [0.1, 0.15) is 10.8 Å². The topological polar surface area (TPSA) is 80.9 Å². The number of anilines is 1. The number of nitrogens with one attached hydrogen (secondary N) is 1. The van der Waals surface area contributed by atoms with E-state index >= 15 is 0 Å². The summed E-state index contributed by atoms with van der Waals surface area (Å²) in [5, 5.41) is 3.40. The number of aromatic nitrogens is 3. The van der Waals surface area contributed by atoms with Gasteiger partial charge in [-0.1, -0.05) is 6.07 Å². The third-order valence-corrected chi connectivity index (χ3v) is 4.03. The summed E-state index contributed by atoms with van der Waals surface area (Å²) in [5.74, 6) is 1.26. The quantitative estimate of drug-likeness (QED) is 0.576. The van der Waals surface area contributed by atoms with Gasteiger partial charge in [-0.25, -0.2) is 15.0 Å². The normalized spacial score (nSPS) is 10.6. The van der Waals surface area contributed by atoms with Gasteiger partial charge in [-0.2, -0.15) is 0 Å². The number of carbonyl (C=O) groups is 1. The fourth-order valence-corrected chi connectivity index (χ4v) is 2.89. The number of pyridine rings is 1. The van der Waals surface area contributed by atoms with Crippen LogP contribution in [0.4, 0.5) is 5.82 Å². The third-order valence-electron chi connectivity index (χ3n) is 3.35. The van der Waals surface area contributed by atoms with E-state index in [0.29, 0.717) is 33.7 Å². The van der Waals surface area contributed by atoms with Gasteiger partial charge in [0, 0.05) is 5.69 Å². The van der Waals surface area contributed by atoms with Crippen LogP contribution in [0.2, 0.25) is 0 Å². The van der Waals surface area contributed by atoms with E-state index in [0.717, 1.165) is 5.69 Å². The van der Waals surface area contributed by atoms with E-state index in [1.54, 1.807) is 31.4 Å². The Hall–Kier alpha value is -2.67. The highest BCUT2D eigenvalue weighted by Gasteiger charge is 2.20. The van der Waals surface area contributed by atoms with Gasteiger partial charge < -0.3 is 9.73 Å². The molecule has 0 fully saturated rings. The molecule has 3 rings (SSSR count). The van der Waals surface area contributed by atoms with Crippen LogP contribution in [0.3, 0.4) is 0 Å². The fraction of sp³-hybridized carbons (Fsp3) is 0.176. The van der Waals surface area contributed by atoms with Crippen molar-refractivity contribution in [1.82, 2.24) is 15.0 Å². The number of furan rings is 1. The van der Waals surface area contributed by atoms with Crippen molar-refractivity contribution < 1.29 is 9.21 Å². The maximum Gasteiger partial charge on any atom is 0.261 e. The molecular weight excluding hydrogens is 324 g/mol. The molecule has 3 aromatic rings. The predicted molar refractivity (Wildman–Crippen MR) is 93.2 cm³/mol. The summed E-state index contributed by atoms with van der Waals surface area (Å²) >= 11 is 1.39. The molecule has 0 aliphatic carbocycles. The molecule has 24 heavy (non-hydrogen) atoms. The minimum atomic E-state index is -0.277. The summed E-state index contributed by atoms with van der Waals surface area (Å²) in [6, 6.07) is 9.02. The molecule has 122 valence electrons. The van der Waals surface area contributed by atoms with Crippen molar-refractivity contribution in [2.75, 3.05) is 11.6 Å². The third kappa shape index (κ3) is 3.30. The molecule has 0 bridgehead atoms. The maximum absolute atomic E-state index is 12.7. The van der Waals surface area contributed by atoms with Crippen LogP contribution in [-0.4, -0.2) is 27.1 Å². The van der Waals surface area contributed by atoms with Crippen molar-refractivity contribution in [3.63, 3.8) is 0 Å². The summed E-state index contributed by atoms with van der Waals surface area (Å²) in [5.41, 5.74) is 1.87. The molecule has 0 aromatic carbocycles. The van der Waals surface area contributed by atoms with Crippen molar-refractivity contribution in [3.05, 3.63) is 53.5 Å². The SMILES string of the molecule is CSc1nc(-c2ccco2)nc(C)c1C(=O)Nc1cccc(C)n1. The van der Waals surface area contributed by atoms with Crippen LogP contribution in [0.15, 0.2) is 46.0 Å². The Balaban J connectivity index is 1.96. The molecule has 3 aromatic heterocycles. The van der Waals surface area contributed by atoms with Crippen molar-refractivity contribution in [2.24, 2.45) is 0 Å². The molecule has 3 heterocycles. The summed E-state index contributed by atoms with van der Waals surface area (Å²) in [6.45, 7) is 3.65. The summed E-state index contributed by atoms with van der Waals surface area (Å²) < 4.78 is 5.34. The van der Waals surface area contributed by atoms with Crippen LogP contribution < -0.4 is 5.32 Å². The van der Waals surface area contributed by atoms with Gasteiger partial charge in [0.2, 0.25) is 0 Å². The largest absolute Gasteiger partial charge is 0.461 e. The summed E-state index contributed by atoms with van der Waals surface area (Å²) in [4.78, 5) is 25.8. The molecule has 0 spiro atoms. The second kappa shape index (κ2) is 6.84. The maximum atomic E-state index is 12.7. The van der Waals surface area contributed by atoms with Crippen LogP contribution in [-0.2, 0) is 0 Å². The van der Waals surface area contributed by atoms with Crippen molar-refractivity contribution in [1.29, 1.82) is 0 Å². The zero-order valence-corrected chi connectivity index (χ0v) is 14.3. The Kier molecular flexibility index (Phi) is 4.61. The lowest BCUT2D eigenvalue weighted by atomic mass is 10.2. The van der Waals surface area contributed by atoms with E-state index in [-0.39, 0.29) is 5.91 Å². The molecule has 0 aliphatic heterocycles. The van der Waals surface area contributed by atoms with Crippen LogP contribution in [0.5, 0.6) is 0 Å². The number of amides is 1. The molecule has 0 saturated heterocycles. The highest BCUT2D eigenvalue weighted by Crippen LogP contribution is 2.25. The molecule has 0 aliphatic rings. The van der Waals surface area contributed by atoms with Crippen LogP contribution >= 0.6 is 11.8 Å². The van der Waals surface area contributed by atoms with Crippen LogP contribution in [0.25, 0.3) is 11.6 Å². The fourth-order valence-electron chi connectivity index (χ4n) is 2.26. The van der Waals surface area contributed by atoms with Gasteiger partial charge in [0.15, 0.2) is 11.6 Å². The Morgan fingerprint density at radius 1 is 1.12 bits per heavy atom. The van der Waals surface area contributed by atoms with E-state index in [2.05, 4.69) is 20.3 Å². The lowest BCUT2D eigenvalue weighted by Crippen LogP contribution is -2.17. The summed E-state index contributed by atoms with van der Waals surface area (Å²) in [7, 11) is 0. The molecule has 0 radical (unpaired) electrons. The van der Waals surface area contributed by atoms with Gasteiger partial charge in [-0.05, 0) is 44.4 Å². The van der Waals surface area contributed by atoms with Crippen LogP contribution in [0.1, 0.15) is 21.7 Å². The Morgan fingerprint density at radius 3 is 2.62 bits per heavy atom. The van der Waals surface area contributed by atoms with Gasteiger partial charge in [0.05, 0.1) is 17.5 Å². The Labute approximate surface area is 143 Å². The Morgan fingerprint density at radius 2 is 1.96 bits per heavy atom. The minimum absolute atomic E-state index is 0.277. The number of aryl methyl sites for hydroxylation is 2. The first-order chi connectivity index (χ1) is 11.6. The highest BCUT2D eigenvalue weighted by atomic mass is 32.2. The average Bonchev–Trinajstić information content (AvgIpc) is 3.08. The molecule has 1 amide bonds. The standard InChI is InChI=1S/C17H16N4O2S/c1-10-6-4-8-13(18-10)20-16(22)14-11(2)19-15(21-17(14)24-3)12-7-5-9-23-12/h4-9H,1-3H3,(H,18,20,22). The molecule has 0 saturated carbocycles. The number of hydrogen-bond acceptors (Lipinski definition) is 6. The Bertz CT molecular complexity index is 878. The van der Waals surface area contributed by atoms with E-state index in [1.165, 1.54) is 11.8 Å². The molecule has 7 heteroatoms. The number of hydrogen-bond donors (Lipinski definition) is 1. The van der Waals surface area contributed by atoms with Crippen molar-refractivity contribution in [2.45, 2.75) is 18.9 Å². The first-order valence-corrected chi connectivity index (χ1v) is 8.52. The minimum Gasteiger partial charge on any atom is -0.461 e. The van der Waals surface area contributed by atoms with E-state index in [4.69, 9.17) is 4.42 Å². The first-order valence-electron chi connectivity index (χ1n) is 7.30. The smallest absolute Gasteiger partial charge is 0.261 e. The van der Waals surface area contributed by atoms with E-state index in [9.17, 15) is 4.79 Å². The van der Waals surface area contributed by atoms with Crippen molar-refractivity contribution in [3.8, 4) is 11.6 Å². The number of nitrogens with zero attached hydrogens (tertiary/aromatic N) is 3. The molecule has 1 N–H and O–H groups in total.